The van der Waals surface area contributed by atoms with E-state index in [1.54, 1.807) is 0 Å². The minimum atomic E-state index is -0.435. The molecule has 112 valence electrons. The molecule has 0 bridgehead atoms. The molecule has 1 unspecified atom stereocenters. The normalized spacial score (nSPS) is 24.0. The molecule has 19 heavy (non-hydrogen) atoms. The second kappa shape index (κ2) is 7.10. The van der Waals surface area contributed by atoms with Gasteiger partial charge in [-0.2, -0.15) is 0 Å². The monoisotopic (exact) mass is 272 g/mol. The van der Waals surface area contributed by atoms with Crippen molar-refractivity contribution in [2.45, 2.75) is 58.1 Å². The summed E-state index contributed by atoms with van der Waals surface area (Å²) < 4.78 is 10.6. The van der Waals surface area contributed by atoms with Gasteiger partial charge in [0, 0.05) is 18.7 Å². The summed E-state index contributed by atoms with van der Waals surface area (Å²) in [5.41, 5.74) is -0.348. The second-order valence-corrected chi connectivity index (χ2v) is 6.43. The van der Waals surface area contributed by atoms with Gasteiger partial charge in [-0.15, -0.1) is 0 Å². The number of alkyl carbamates (subject to hydrolysis) is 1. The van der Waals surface area contributed by atoms with Gasteiger partial charge >= 0.3 is 6.09 Å². The zero-order valence-electron chi connectivity index (χ0n) is 12.7. The first-order chi connectivity index (χ1) is 8.81. The number of rotatable bonds is 5. The van der Waals surface area contributed by atoms with E-state index in [2.05, 4.69) is 17.6 Å². The third-order valence-corrected chi connectivity index (χ3v) is 3.01. The molecule has 0 aliphatic carbocycles. The van der Waals surface area contributed by atoms with Gasteiger partial charge in [-0.3, -0.25) is 0 Å². The van der Waals surface area contributed by atoms with Gasteiger partial charge < -0.3 is 20.1 Å². The molecule has 5 nitrogen and oxygen atoms in total. The Labute approximate surface area is 116 Å². The Hall–Kier alpha value is -0.810. The van der Waals surface area contributed by atoms with Crippen LogP contribution in [0.2, 0.25) is 0 Å². The Balaban J connectivity index is 2.06. The van der Waals surface area contributed by atoms with Gasteiger partial charge in [-0.1, -0.05) is 0 Å². The van der Waals surface area contributed by atoms with Gasteiger partial charge in [0.25, 0.3) is 0 Å². The first-order valence-corrected chi connectivity index (χ1v) is 7.10. The fourth-order valence-corrected chi connectivity index (χ4v) is 2.06. The molecular weight excluding hydrogens is 244 g/mol. The maximum absolute atomic E-state index is 11.4. The molecule has 1 atom stereocenters. The third-order valence-electron chi connectivity index (χ3n) is 3.01. The van der Waals surface area contributed by atoms with Crippen LogP contribution in [0.3, 0.4) is 0 Å². The lowest BCUT2D eigenvalue weighted by Crippen LogP contribution is -2.49. The molecule has 0 radical (unpaired) electrons. The van der Waals surface area contributed by atoms with Gasteiger partial charge in [-0.05, 0) is 53.5 Å². The van der Waals surface area contributed by atoms with E-state index in [1.807, 2.05) is 20.8 Å². The quantitative estimate of drug-likeness (QED) is 0.752. The lowest BCUT2D eigenvalue weighted by molar-refractivity contribution is 0.0285. The average Bonchev–Trinajstić information content (AvgIpc) is 2.27. The summed E-state index contributed by atoms with van der Waals surface area (Å²) in [7, 11) is 0. The molecule has 1 amide bonds. The highest BCUT2D eigenvalue weighted by Gasteiger charge is 2.26. The Bertz CT molecular complexity index is 281. The van der Waals surface area contributed by atoms with Crippen LogP contribution in [-0.4, -0.2) is 43.5 Å². The Kier molecular flexibility index (Phi) is 6.07. The molecule has 1 aliphatic rings. The van der Waals surface area contributed by atoms with Gasteiger partial charge in [-0.25, -0.2) is 4.79 Å². The second-order valence-electron chi connectivity index (χ2n) is 6.43. The third kappa shape index (κ3) is 7.38. The summed E-state index contributed by atoms with van der Waals surface area (Å²) in [4.78, 5) is 11.4. The summed E-state index contributed by atoms with van der Waals surface area (Å²) >= 11 is 0. The number of amides is 1. The fraction of sp³-hybridized carbons (Fsp3) is 0.929. The van der Waals surface area contributed by atoms with E-state index < -0.39 is 5.60 Å². The number of nitrogens with one attached hydrogen (secondary N) is 2. The van der Waals surface area contributed by atoms with Crippen molar-refractivity contribution in [1.29, 1.82) is 0 Å². The summed E-state index contributed by atoms with van der Waals surface area (Å²) in [5.74, 6) is 0. The van der Waals surface area contributed by atoms with Crippen LogP contribution in [-0.2, 0) is 9.47 Å². The SMILES string of the molecule is CC1(NCCCNC(=O)OC(C)(C)C)CCCOC1. The van der Waals surface area contributed by atoms with E-state index in [0.717, 1.165) is 39.0 Å². The molecule has 0 aromatic heterocycles. The van der Waals surface area contributed by atoms with E-state index in [9.17, 15) is 4.79 Å². The first-order valence-electron chi connectivity index (χ1n) is 7.10. The highest BCUT2D eigenvalue weighted by atomic mass is 16.6. The van der Waals surface area contributed by atoms with Gasteiger partial charge in [0.2, 0.25) is 0 Å². The molecule has 1 saturated heterocycles. The van der Waals surface area contributed by atoms with Gasteiger partial charge in [0.05, 0.1) is 6.61 Å². The summed E-state index contributed by atoms with van der Waals surface area (Å²) in [6, 6.07) is 0. The van der Waals surface area contributed by atoms with Crippen molar-refractivity contribution in [3.63, 3.8) is 0 Å². The zero-order valence-corrected chi connectivity index (χ0v) is 12.7. The minimum absolute atomic E-state index is 0.0875. The molecule has 0 saturated carbocycles. The highest BCUT2D eigenvalue weighted by molar-refractivity contribution is 5.67. The Morgan fingerprint density at radius 2 is 2.11 bits per heavy atom. The molecule has 0 spiro atoms. The van der Waals surface area contributed by atoms with Crippen molar-refractivity contribution >= 4 is 6.09 Å². The lowest BCUT2D eigenvalue weighted by atomic mass is 9.95. The van der Waals surface area contributed by atoms with Crippen molar-refractivity contribution in [3.05, 3.63) is 0 Å². The summed E-state index contributed by atoms with van der Waals surface area (Å²) in [6.45, 7) is 10.9. The minimum Gasteiger partial charge on any atom is -0.444 e. The smallest absolute Gasteiger partial charge is 0.407 e. The predicted octanol–water partition coefficient (Wildman–Crippen LogP) is 2.06. The fourth-order valence-electron chi connectivity index (χ4n) is 2.06. The highest BCUT2D eigenvalue weighted by Crippen LogP contribution is 2.17. The number of carbonyl (C=O) groups is 1. The van der Waals surface area contributed by atoms with Crippen LogP contribution < -0.4 is 10.6 Å². The van der Waals surface area contributed by atoms with Crippen LogP contribution in [0.4, 0.5) is 4.79 Å². The predicted molar refractivity (Wildman–Crippen MR) is 75.3 cm³/mol. The number of ether oxygens (including phenoxy) is 2. The molecule has 0 aromatic carbocycles. The Morgan fingerprint density at radius 1 is 1.37 bits per heavy atom. The molecule has 2 N–H and O–H groups in total. The Morgan fingerprint density at radius 3 is 2.68 bits per heavy atom. The summed E-state index contributed by atoms with van der Waals surface area (Å²) in [6.07, 6.45) is 2.79. The maximum Gasteiger partial charge on any atom is 0.407 e. The standard InChI is InChI=1S/C14H28N2O3/c1-13(2,3)19-12(17)15-8-6-9-16-14(4)7-5-10-18-11-14/h16H,5-11H2,1-4H3,(H,15,17). The van der Waals surface area contributed by atoms with E-state index in [-0.39, 0.29) is 11.6 Å². The van der Waals surface area contributed by atoms with Gasteiger partial charge in [0.1, 0.15) is 5.60 Å². The average molecular weight is 272 g/mol. The molecule has 5 heteroatoms. The van der Waals surface area contributed by atoms with E-state index >= 15 is 0 Å². The summed E-state index contributed by atoms with van der Waals surface area (Å²) in [5, 5.41) is 6.26. The van der Waals surface area contributed by atoms with Crippen molar-refractivity contribution in [2.75, 3.05) is 26.3 Å². The van der Waals surface area contributed by atoms with E-state index in [1.165, 1.54) is 0 Å². The largest absolute Gasteiger partial charge is 0.444 e. The number of hydrogen-bond acceptors (Lipinski definition) is 4. The van der Waals surface area contributed by atoms with Crippen LogP contribution in [0, 0.1) is 0 Å². The molecular formula is C14H28N2O3. The van der Waals surface area contributed by atoms with Crippen LogP contribution in [0.25, 0.3) is 0 Å². The van der Waals surface area contributed by atoms with Crippen LogP contribution in [0.1, 0.15) is 47.0 Å². The maximum atomic E-state index is 11.4. The van der Waals surface area contributed by atoms with Crippen molar-refractivity contribution in [3.8, 4) is 0 Å². The van der Waals surface area contributed by atoms with Crippen molar-refractivity contribution in [2.24, 2.45) is 0 Å². The van der Waals surface area contributed by atoms with Crippen molar-refractivity contribution < 1.29 is 14.3 Å². The lowest BCUT2D eigenvalue weighted by Gasteiger charge is -2.34. The first kappa shape index (κ1) is 16.2. The van der Waals surface area contributed by atoms with Gasteiger partial charge in [0.15, 0.2) is 0 Å². The number of hydrogen-bond donors (Lipinski definition) is 2. The van der Waals surface area contributed by atoms with Crippen molar-refractivity contribution in [1.82, 2.24) is 10.6 Å². The van der Waals surface area contributed by atoms with Crippen LogP contribution in [0.5, 0.6) is 0 Å². The van der Waals surface area contributed by atoms with E-state index in [0.29, 0.717) is 6.54 Å². The molecule has 1 rings (SSSR count). The number of carbonyl (C=O) groups excluding carboxylic acids is 1. The molecule has 1 heterocycles. The molecule has 1 fully saturated rings. The molecule has 0 aromatic rings. The van der Waals surface area contributed by atoms with Crippen LogP contribution >= 0.6 is 0 Å². The van der Waals surface area contributed by atoms with E-state index in [4.69, 9.17) is 9.47 Å². The zero-order chi connectivity index (χ0) is 14.4. The van der Waals surface area contributed by atoms with Crippen LogP contribution in [0.15, 0.2) is 0 Å². The topological polar surface area (TPSA) is 59.6 Å². The molecule has 1 aliphatic heterocycles.